The van der Waals surface area contributed by atoms with E-state index in [2.05, 4.69) is 48.6 Å². The number of aromatic nitrogens is 5. The standard InChI is InChI=1S/C46H52FN9O4/c1-53-39-26-32(10-13-36(39)43(52-53)37-14-15-40(57)50-44(37)59)30-18-21-54(22-19-30)28-29-16-23-55(24-17-29)45(60)31-8-11-34(12-9-31)49-46-48-27-38(47)42(51-46)33-5-4-6-35(25-33)56-20-3-2-7-41(56)58/h2-7,10,13,20,25-27,29-31,34,37H,8-9,11-12,14-19,21-24,28H2,1H3,(H,48,49,51)(H,50,57,59)/t31?,34?,37-/m0/s1. The third kappa shape index (κ3) is 8.34. The molecule has 1 saturated carbocycles. The monoisotopic (exact) mass is 813 g/mol. The van der Waals surface area contributed by atoms with Gasteiger partial charge in [-0.3, -0.25) is 33.7 Å². The van der Waals surface area contributed by atoms with Gasteiger partial charge >= 0.3 is 0 Å². The van der Waals surface area contributed by atoms with Crippen molar-refractivity contribution in [2.24, 2.45) is 18.9 Å². The number of carbonyl (C=O) groups excluding carboxylic acids is 3. The second-order valence-electron chi connectivity index (χ2n) is 17.2. The van der Waals surface area contributed by atoms with Crippen LogP contribution >= 0.6 is 0 Å². The van der Waals surface area contributed by atoms with E-state index in [1.54, 1.807) is 42.6 Å². The van der Waals surface area contributed by atoms with E-state index in [0.717, 1.165) is 101 Å². The number of nitrogens with zero attached hydrogens (tertiary/aromatic N) is 7. The van der Waals surface area contributed by atoms with Gasteiger partial charge in [0.05, 0.1) is 23.3 Å². The summed E-state index contributed by atoms with van der Waals surface area (Å²) in [6.45, 7) is 4.82. The molecule has 60 heavy (non-hydrogen) atoms. The molecule has 3 saturated heterocycles. The number of amides is 3. The zero-order valence-electron chi connectivity index (χ0n) is 34.1. The van der Waals surface area contributed by atoms with Crippen LogP contribution < -0.4 is 16.2 Å². The van der Waals surface area contributed by atoms with Crippen LogP contribution in [-0.4, -0.2) is 90.6 Å². The molecular weight excluding hydrogens is 762 g/mol. The molecule has 13 nitrogen and oxygen atoms in total. The van der Waals surface area contributed by atoms with Crippen LogP contribution in [0.5, 0.6) is 0 Å². The minimum absolute atomic E-state index is 0.0158. The second-order valence-corrected chi connectivity index (χ2v) is 17.2. The number of hydrogen-bond donors (Lipinski definition) is 2. The molecule has 5 aromatic rings. The average Bonchev–Trinajstić information content (AvgIpc) is 3.59. The number of benzene rings is 2. The van der Waals surface area contributed by atoms with Crippen molar-refractivity contribution >= 4 is 34.6 Å². The van der Waals surface area contributed by atoms with Crippen LogP contribution in [-0.2, 0) is 21.4 Å². The summed E-state index contributed by atoms with van der Waals surface area (Å²) >= 11 is 0. The summed E-state index contributed by atoms with van der Waals surface area (Å²) < 4.78 is 18.4. The number of imide groups is 1. The number of hydrogen-bond acceptors (Lipinski definition) is 9. The van der Waals surface area contributed by atoms with E-state index >= 15 is 4.39 Å². The molecule has 3 amide bonds. The summed E-state index contributed by atoms with van der Waals surface area (Å²) in [6, 6.07) is 18.7. The summed E-state index contributed by atoms with van der Waals surface area (Å²) in [5, 5.41) is 11.6. The Balaban J connectivity index is 0.721. The van der Waals surface area contributed by atoms with Gasteiger partial charge in [-0.2, -0.15) is 5.10 Å². The molecule has 9 rings (SSSR count). The predicted octanol–water partition coefficient (Wildman–Crippen LogP) is 5.93. The number of nitrogens with one attached hydrogen (secondary N) is 2. The Hall–Kier alpha value is -5.76. The van der Waals surface area contributed by atoms with Gasteiger partial charge in [0.1, 0.15) is 5.69 Å². The Bertz CT molecular complexity index is 2460. The SMILES string of the molecule is Cn1nc([C@@H]2CCC(=O)NC2=O)c2ccc(C3CCN(CC4CCN(C(=O)C5CCC(Nc6ncc(F)c(-c7cccc(-n8ccccc8=O)c7)n6)CC5)CC4)CC3)cc21. The topological polar surface area (TPSA) is 147 Å². The Labute approximate surface area is 348 Å². The highest BCUT2D eigenvalue weighted by molar-refractivity contribution is 6.02. The first-order valence-electron chi connectivity index (χ1n) is 21.6. The molecule has 3 aliphatic heterocycles. The van der Waals surface area contributed by atoms with E-state index in [1.807, 2.05) is 11.7 Å². The lowest BCUT2D eigenvalue weighted by molar-refractivity contribution is -0.138. The zero-order valence-corrected chi connectivity index (χ0v) is 34.1. The number of halogens is 1. The molecule has 312 valence electrons. The minimum atomic E-state index is -0.540. The predicted molar refractivity (Wildman–Crippen MR) is 226 cm³/mol. The fourth-order valence-corrected chi connectivity index (χ4v) is 9.93. The van der Waals surface area contributed by atoms with Gasteiger partial charge in [-0.05, 0) is 113 Å². The lowest BCUT2D eigenvalue weighted by atomic mass is 9.84. The number of aryl methyl sites for hydroxylation is 1. The minimum Gasteiger partial charge on any atom is -0.351 e. The first-order chi connectivity index (χ1) is 29.2. The van der Waals surface area contributed by atoms with E-state index in [0.29, 0.717) is 41.9 Å². The lowest BCUT2D eigenvalue weighted by Crippen LogP contribution is -2.45. The first kappa shape index (κ1) is 39.7. The number of fused-ring (bicyclic) bond motifs is 1. The number of anilines is 1. The molecule has 0 spiro atoms. The van der Waals surface area contributed by atoms with Crippen LogP contribution in [0.2, 0.25) is 0 Å². The van der Waals surface area contributed by atoms with Crippen LogP contribution in [0.4, 0.5) is 10.3 Å². The molecule has 4 fully saturated rings. The highest BCUT2D eigenvalue weighted by atomic mass is 19.1. The van der Waals surface area contributed by atoms with Crippen molar-refractivity contribution in [1.82, 2.24) is 39.4 Å². The smallest absolute Gasteiger partial charge is 0.255 e. The normalized spacial score (nSPS) is 22.2. The molecule has 14 heteroatoms. The quantitative estimate of drug-likeness (QED) is 0.173. The number of rotatable bonds is 9. The highest BCUT2D eigenvalue weighted by Gasteiger charge is 2.34. The van der Waals surface area contributed by atoms with Crippen LogP contribution in [0.1, 0.15) is 87.3 Å². The maximum Gasteiger partial charge on any atom is 0.255 e. The lowest BCUT2D eigenvalue weighted by Gasteiger charge is -2.39. The maximum absolute atomic E-state index is 15.0. The third-order valence-electron chi connectivity index (χ3n) is 13.3. The summed E-state index contributed by atoms with van der Waals surface area (Å²) in [4.78, 5) is 63.8. The van der Waals surface area contributed by atoms with Crippen molar-refractivity contribution in [2.45, 2.75) is 82.1 Å². The van der Waals surface area contributed by atoms with Crippen molar-refractivity contribution < 1.29 is 18.8 Å². The zero-order chi connectivity index (χ0) is 41.3. The molecular formula is C46H52FN9O4. The molecule has 0 bridgehead atoms. The second kappa shape index (κ2) is 17.1. The fraction of sp³-hybridized carbons (Fsp3) is 0.457. The van der Waals surface area contributed by atoms with Crippen molar-refractivity contribution in [3.63, 3.8) is 0 Å². The molecule has 1 aliphatic carbocycles. The highest BCUT2D eigenvalue weighted by Crippen LogP contribution is 2.36. The Morgan fingerprint density at radius 1 is 0.883 bits per heavy atom. The van der Waals surface area contributed by atoms with Crippen molar-refractivity contribution in [2.75, 3.05) is 38.0 Å². The van der Waals surface area contributed by atoms with Gasteiger partial charge in [0.25, 0.3) is 5.56 Å². The van der Waals surface area contributed by atoms with Crippen molar-refractivity contribution in [3.05, 3.63) is 100 Å². The Kier molecular flexibility index (Phi) is 11.3. The first-order valence-corrected chi connectivity index (χ1v) is 21.6. The summed E-state index contributed by atoms with van der Waals surface area (Å²) in [7, 11) is 1.93. The van der Waals surface area contributed by atoms with Gasteiger partial charge in [0.15, 0.2) is 5.82 Å². The van der Waals surface area contributed by atoms with E-state index < -0.39 is 11.7 Å². The van der Waals surface area contributed by atoms with Crippen molar-refractivity contribution in [3.8, 4) is 16.9 Å². The van der Waals surface area contributed by atoms with Gasteiger partial charge in [0, 0.05) is 74.0 Å². The number of carbonyl (C=O) groups is 3. The van der Waals surface area contributed by atoms with Crippen LogP contribution in [0, 0.1) is 17.7 Å². The maximum atomic E-state index is 15.0. The third-order valence-corrected chi connectivity index (χ3v) is 13.3. The van der Waals surface area contributed by atoms with Gasteiger partial charge < -0.3 is 15.1 Å². The number of piperidine rings is 3. The fourth-order valence-electron chi connectivity index (χ4n) is 9.93. The Morgan fingerprint density at radius 3 is 2.45 bits per heavy atom. The van der Waals surface area contributed by atoms with Crippen molar-refractivity contribution in [1.29, 1.82) is 0 Å². The van der Waals surface area contributed by atoms with E-state index in [9.17, 15) is 19.2 Å². The molecule has 1 atom stereocenters. The largest absolute Gasteiger partial charge is 0.351 e. The molecule has 2 aromatic carbocycles. The molecule has 6 heterocycles. The van der Waals surface area contributed by atoms with E-state index in [-0.39, 0.29) is 40.9 Å². The molecule has 0 radical (unpaired) electrons. The van der Waals surface area contributed by atoms with Crippen LogP contribution in [0.15, 0.2) is 77.9 Å². The Morgan fingerprint density at radius 2 is 1.68 bits per heavy atom. The number of likely N-dealkylation sites (tertiary alicyclic amines) is 2. The van der Waals surface area contributed by atoms with Gasteiger partial charge in [-0.25, -0.2) is 14.4 Å². The average molecular weight is 814 g/mol. The number of pyridine rings is 1. The van der Waals surface area contributed by atoms with Crippen LogP contribution in [0.3, 0.4) is 0 Å². The van der Waals surface area contributed by atoms with Gasteiger partial charge in [-0.15, -0.1) is 0 Å². The molecule has 2 N–H and O–H groups in total. The molecule has 4 aliphatic rings. The van der Waals surface area contributed by atoms with Gasteiger partial charge in [0.2, 0.25) is 23.7 Å². The summed E-state index contributed by atoms with van der Waals surface area (Å²) in [6.07, 6.45) is 11.2. The van der Waals surface area contributed by atoms with E-state index in [4.69, 9.17) is 5.10 Å². The summed E-state index contributed by atoms with van der Waals surface area (Å²) in [5.74, 6) is 0.296. The van der Waals surface area contributed by atoms with Gasteiger partial charge in [-0.1, -0.05) is 30.3 Å². The van der Waals surface area contributed by atoms with Crippen LogP contribution in [0.25, 0.3) is 27.8 Å². The van der Waals surface area contributed by atoms with E-state index in [1.165, 1.54) is 22.4 Å². The molecule has 0 unspecified atom stereocenters. The molecule has 3 aromatic heterocycles. The summed E-state index contributed by atoms with van der Waals surface area (Å²) in [5.41, 5.74) is 4.26.